The van der Waals surface area contributed by atoms with E-state index in [2.05, 4.69) is 21.2 Å². The van der Waals surface area contributed by atoms with Crippen molar-refractivity contribution in [2.24, 2.45) is 5.10 Å². The molecule has 0 radical (unpaired) electrons. The van der Waals surface area contributed by atoms with Crippen molar-refractivity contribution in [1.29, 1.82) is 0 Å². The maximum atomic E-state index is 12.5. The Morgan fingerprint density at radius 3 is 2.31 bits per heavy atom. The molecule has 0 heterocycles. The molecule has 35 heavy (non-hydrogen) atoms. The van der Waals surface area contributed by atoms with Gasteiger partial charge in [-0.05, 0) is 69.0 Å². The van der Waals surface area contributed by atoms with E-state index in [-0.39, 0.29) is 12.5 Å². The first-order valence-electron chi connectivity index (χ1n) is 11.6. The van der Waals surface area contributed by atoms with Crippen LogP contribution < -0.4 is 25.5 Å². The fourth-order valence-electron chi connectivity index (χ4n) is 3.36. The molecule has 0 spiro atoms. The second-order valence-electron chi connectivity index (χ2n) is 8.06. The van der Waals surface area contributed by atoms with Gasteiger partial charge in [-0.2, -0.15) is 5.10 Å². The van der Waals surface area contributed by atoms with Crippen LogP contribution in [0.3, 0.4) is 0 Å². The van der Waals surface area contributed by atoms with Crippen LogP contribution in [0.2, 0.25) is 0 Å². The Morgan fingerprint density at radius 1 is 0.943 bits per heavy atom. The molecule has 0 fully saturated rings. The summed E-state index contributed by atoms with van der Waals surface area (Å²) >= 11 is 0. The van der Waals surface area contributed by atoms with Crippen LogP contribution in [0.5, 0.6) is 11.5 Å². The minimum absolute atomic E-state index is 0.191. The van der Waals surface area contributed by atoms with Gasteiger partial charge < -0.3 is 20.1 Å². The quantitative estimate of drug-likeness (QED) is 0.196. The normalized spacial score (nSPS) is 10.7. The lowest BCUT2D eigenvalue weighted by Gasteiger charge is -2.15. The van der Waals surface area contributed by atoms with Gasteiger partial charge in [-0.15, -0.1) is 0 Å². The van der Waals surface area contributed by atoms with E-state index in [1.807, 2.05) is 46.8 Å². The van der Waals surface area contributed by atoms with Crippen molar-refractivity contribution >= 4 is 29.6 Å². The summed E-state index contributed by atoms with van der Waals surface area (Å²) in [6, 6.07) is 9.04. The number of ether oxygens (including phenoxy) is 2. The molecule has 0 unspecified atom stereocenters. The molecule has 0 atom stereocenters. The second kappa shape index (κ2) is 13.7. The molecule has 0 aliphatic rings. The van der Waals surface area contributed by atoms with Crippen LogP contribution in [0, 0.1) is 20.8 Å². The molecule has 3 amide bonds. The molecule has 0 aromatic heterocycles. The van der Waals surface area contributed by atoms with Crippen molar-refractivity contribution in [3.8, 4) is 11.5 Å². The Morgan fingerprint density at radius 2 is 1.66 bits per heavy atom. The van der Waals surface area contributed by atoms with E-state index >= 15 is 0 Å². The third kappa shape index (κ3) is 8.77. The molecule has 0 aliphatic heterocycles. The number of nitrogens with one attached hydrogen (secondary N) is 3. The Balaban J connectivity index is 1.98. The zero-order valence-corrected chi connectivity index (χ0v) is 21.0. The van der Waals surface area contributed by atoms with Crippen LogP contribution in [0.25, 0.3) is 0 Å². The van der Waals surface area contributed by atoms with Crippen molar-refractivity contribution < 1.29 is 23.9 Å². The summed E-state index contributed by atoms with van der Waals surface area (Å²) in [4.78, 5) is 35.9. The maximum Gasteiger partial charge on any atom is 0.329 e. The summed E-state index contributed by atoms with van der Waals surface area (Å²) in [6.45, 7) is 10.4. The zero-order valence-electron chi connectivity index (χ0n) is 21.0. The number of hydrogen-bond donors (Lipinski definition) is 3. The van der Waals surface area contributed by atoms with E-state index < -0.39 is 11.8 Å². The number of hydrazone groups is 1. The first-order chi connectivity index (χ1) is 16.7. The molecule has 2 rings (SSSR count). The third-order valence-electron chi connectivity index (χ3n) is 4.97. The van der Waals surface area contributed by atoms with Gasteiger partial charge >= 0.3 is 11.8 Å². The lowest BCUT2D eigenvalue weighted by Crippen LogP contribution is -2.38. The van der Waals surface area contributed by atoms with Gasteiger partial charge in [0.25, 0.3) is 5.91 Å². The molecular weight excluding hydrogens is 448 g/mol. The highest BCUT2D eigenvalue weighted by molar-refractivity contribution is 6.35. The Bertz CT molecular complexity index is 1060. The van der Waals surface area contributed by atoms with Crippen LogP contribution in [0.15, 0.2) is 35.4 Å². The minimum atomic E-state index is -0.840. The van der Waals surface area contributed by atoms with Gasteiger partial charge in [0.15, 0.2) is 18.1 Å². The largest absolute Gasteiger partial charge is 0.490 e. The molecule has 9 nitrogen and oxygen atoms in total. The summed E-state index contributed by atoms with van der Waals surface area (Å²) in [6.07, 6.45) is 3.10. The molecule has 0 aliphatic carbocycles. The first-order valence-corrected chi connectivity index (χ1v) is 11.6. The average Bonchev–Trinajstić information content (AvgIpc) is 2.81. The van der Waals surface area contributed by atoms with Crippen LogP contribution in [0.1, 0.15) is 48.9 Å². The summed E-state index contributed by atoms with van der Waals surface area (Å²) in [5.41, 5.74) is 6.69. The SMILES string of the molecule is CCCCNC(=O)C(=O)N/N=C\c1ccc(OCC(=O)Nc2c(C)cc(C)cc2C)c(OCC)c1. The van der Waals surface area contributed by atoms with Gasteiger partial charge in [-0.25, -0.2) is 5.43 Å². The molecular formula is C26H34N4O5. The number of amides is 3. The Kier molecular flexibility index (Phi) is 10.7. The summed E-state index contributed by atoms with van der Waals surface area (Å²) < 4.78 is 11.3. The van der Waals surface area contributed by atoms with Crippen molar-refractivity contribution in [3.63, 3.8) is 0 Å². The first kappa shape index (κ1) is 27.4. The third-order valence-corrected chi connectivity index (χ3v) is 4.97. The van der Waals surface area contributed by atoms with Crippen molar-refractivity contribution in [2.75, 3.05) is 25.1 Å². The number of benzene rings is 2. The zero-order chi connectivity index (χ0) is 25.8. The second-order valence-corrected chi connectivity index (χ2v) is 8.06. The summed E-state index contributed by atoms with van der Waals surface area (Å²) in [5, 5.41) is 9.24. The number of rotatable bonds is 11. The Hall–Kier alpha value is -3.88. The van der Waals surface area contributed by atoms with Crippen LogP contribution in [-0.4, -0.2) is 43.7 Å². The smallest absolute Gasteiger partial charge is 0.329 e. The van der Waals surface area contributed by atoms with Gasteiger partial charge in [0.1, 0.15) is 0 Å². The van der Waals surface area contributed by atoms with Gasteiger partial charge in [0, 0.05) is 12.2 Å². The minimum Gasteiger partial charge on any atom is -0.490 e. The number of nitrogens with zero attached hydrogens (tertiary/aromatic N) is 1. The van der Waals surface area contributed by atoms with Gasteiger partial charge in [-0.3, -0.25) is 14.4 Å². The van der Waals surface area contributed by atoms with Gasteiger partial charge in [0.2, 0.25) is 0 Å². The van der Waals surface area contributed by atoms with Crippen molar-refractivity contribution in [3.05, 3.63) is 52.6 Å². The highest BCUT2D eigenvalue weighted by Gasteiger charge is 2.13. The molecule has 0 bridgehead atoms. The number of anilines is 1. The molecule has 3 N–H and O–H groups in total. The van der Waals surface area contributed by atoms with E-state index in [0.29, 0.717) is 30.2 Å². The van der Waals surface area contributed by atoms with E-state index in [4.69, 9.17) is 9.47 Å². The molecule has 2 aromatic rings. The monoisotopic (exact) mass is 482 g/mol. The Labute approximate surface area is 206 Å². The molecule has 0 saturated carbocycles. The van der Waals surface area contributed by atoms with E-state index in [0.717, 1.165) is 35.2 Å². The van der Waals surface area contributed by atoms with Crippen LogP contribution in [-0.2, 0) is 14.4 Å². The molecule has 188 valence electrons. The molecule has 2 aromatic carbocycles. The number of unbranched alkanes of at least 4 members (excludes halogenated alkanes) is 1. The van der Waals surface area contributed by atoms with E-state index in [1.165, 1.54) is 6.21 Å². The van der Waals surface area contributed by atoms with Gasteiger partial charge in [0.05, 0.1) is 12.8 Å². The highest BCUT2D eigenvalue weighted by atomic mass is 16.5. The number of aryl methyl sites for hydroxylation is 3. The van der Waals surface area contributed by atoms with E-state index in [9.17, 15) is 14.4 Å². The van der Waals surface area contributed by atoms with Crippen molar-refractivity contribution in [1.82, 2.24) is 10.7 Å². The summed E-state index contributed by atoms with van der Waals surface area (Å²) in [7, 11) is 0. The van der Waals surface area contributed by atoms with Crippen molar-refractivity contribution in [2.45, 2.75) is 47.5 Å². The van der Waals surface area contributed by atoms with E-state index in [1.54, 1.807) is 18.2 Å². The fraction of sp³-hybridized carbons (Fsp3) is 0.385. The molecule has 0 saturated heterocycles. The predicted octanol–water partition coefficient (Wildman–Crippen LogP) is 3.39. The standard InChI is InChI=1S/C26H34N4O5/c1-6-8-11-27-25(32)26(33)30-28-15-20-9-10-21(22(14-20)34-7-2)35-16-23(31)29-24-18(4)12-17(3)13-19(24)5/h9-10,12-15H,6-8,11,16H2,1-5H3,(H,27,32)(H,29,31)(H,30,33)/b28-15-. The lowest BCUT2D eigenvalue weighted by atomic mass is 10.1. The topological polar surface area (TPSA) is 118 Å². The predicted molar refractivity (Wildman–Crippen MR) is 136 cm³/mol. The van der Waals surface area contributed by atoms with Gasteiger partial charge in [-0.1, -0.05) is 31.0 Å². The lowest BCUT2D eigenvalue weighted by molar-refractivity contribution is -0.139. The molecule has 9 heteroatoms. The van der Waals surface area contributed by atoms with Crippen LogP contribution >= 0.6 is 0 Å². The number of carbonyl (C=O) groups excluding carboxylic acids is 3. The highest BCUT2D eigenvalue weighted by Crippen LogP contribution is 2.28. The average molecular weight is 483 g/mol. The number of carbonyl (C=O) groups is 3. The summed E-state index contributed by atoms with van der Waals surface area (Å²) in [5.74, 6) is -1.03. The fourth-order valence-corrected chi connectivity index (χ4v) is 3.36. The van der Waals surface area contributed by atoms with Crippen LogP contribution in [0.4, 0.5) is 5.69 Å². The number of hydrogen-bond acceptors (Lipinski definition) is 6. The maximum absolute atomic E-state index is 12.5.